The maximum Gasteiger partial charge on any atom is 0.266 e. The minimum atomic E-state index is -3.60. The molecule has 1 aromatic rings. The Hall–Kier alpha value is -1.56. The second-order valence-electron chi connectivity index (χ2n) is 7.04. The summed E-state index contributed by atoms with van der Waals surface area (Å²) in [5.41, 5.74) is 0.740. The summed E-state index contributed by atoms with van der Waals surface area (Å²) in [4.78, 5) is 6.98. The Morgan fingerprint density at radius 1 is 1.22 bits per heavy atom. The summed E-state index contributed by atoms with van der Waals surface area (Å²) in [5.74, 6) is 0.556. The molecule has 1 aliphatic carbocycles. The molecule has 2 unspecified atom stereocenters. The van der Waals surface area contributed by atoms with E-state index in [1.807, 2.05) is 38.1 Å². The summed E-state index contributed by atoms with van der Waals surface area (Å²) in [6.45, 7) is 4.04. The van der Waals surface area contributed by atoms with Gasteiger partial charge in [0.15, 0.2) is 0 Å². The van der Waals surface area contributed by atoms with E-state index >= 15 is 0 Å². The molecule has 1 fully saturated rings. The van der Waals surface area contributed by atoms with E-state index in [2.05, 4.69) is 6.92 Å². The molecule has 1 aliphatic heterocycles. The van der Waals surface area contributed by atoms with Crippen LogP contribution < -0.4 is 0 Å². The van der Waals surface area contributed by atoms with Gasteiger partial charge in [-0.3, -0.25) is 0 Å². The van der Waals surface area contributed by atoms with Crippen molar-refractivity contribution in [3.63, 3.8) is 0 Å². The molecule has 0 bridgehead atoms. The maximum atomic E-state index is 13.3. The molecule has 1 saturated carbocycles. The van der Waals surface area contributed by atoms with E-state index in [9.17, 15) is 8.42 Å². The van der Waals surface area contributed by atoms with E-state index in [-0.39, 0.29) is 11.6 Å². The molecule has 2 atom stereocenters. The molecule has 0 spiro atoms. The fourth-order valence-electron chi connectivity index (χ4n) is 3.61. The number of benzene rings is 1. The van der Waals surface area contributed by atoms with E-state index in [1.165, 1.54) is 0 Å². The summed E-state index contributed by atoms with van der Waals surface area (Å²) in [7, 11) is 0.119. The standard InChI is InChI=1S/C17H25N3O2S/c1-13-8-10-14(11-9-13)23(21,22)20-15-7-5-6-12-17(15,2)18-16(20)19(3)4/h8-11,15H,5-7,12H2,1-4H3. The molecule has 0 amide bonds. The van der Waals surface area contributed by atoms with Gasteiger partial charge in [0.25, 0.3) is 10.0 Å². The van der Waals surface area contributed by atoms with Crippen LogP contribution in [0.5, 0.6) is 0 Å². The maximum absolute atomic E-state index is 13.3. The summed E-state index contributed by atoms with van der Waals surface area (Å²) < 4.78 is 28.1. The van der Waals surface area contributed by atoms with Crippen molar-refractivity contribution in [2.45, 2.75) is 56.0 Å². The zero-order valence-corrected chi connectivity index (χ0v) is 15.1. The number of rotatable bonds is 2. The third kappa shape index (κ3) is 2.63. The number of guanidine groups is 1. The van der Waals surface area contributed by atoms with E-state index in [1.54, 1.807) is 16.4 Å². The van der Waals surface area contributed by atoms with Crippen molar-refractivity contribution >= 4 is 16.0 Å². The van der Waals surface area contributed by atoms with Gasteiger partial charge < -0.3 is 4.90 Å². The van der Waals surface area contributed by atoms with Crippen molar-refractivity contribution in [1.29, 1.82) is 0 Å². The van der Waals surface area contributed by atoms with Gasteiger partial charge in [-0.2, -0.15) is 0 Å². The molecule has 0 N–H and O–H groups in total. The SMILES string of the molecule is Cc1ccc(S(=O)(=O)N2C(N(C)C)=NC3(C)CCCCC23)cc1. The van der Waals surface area contributed by atoms with E-state index in [0.29, 0.717) is 10.9 Å². The summed E-state index contributed by atoms with van der Waals surface area (Å²) in [6, 6.07) is 6.98. The van der Waals surface area contributed by atoms with Crippen molar-refractivity contribution in [1.82, 2.24) is 9.21 Å². The first-order valence-electron chi connectivity index (χ1n) is 8.14. The number of sulfonamides is 1. The third-order valence-electron chi connectivity index (χ3n) is 4.94. The van der Waals surface area contributed by atoms with Gasteiger partial charge in [0, 0.05) is 14.1 Å². The summed E-state index contributed by atoms with van der Waals surface area (Å²) in [6.07, 6.45) is 3.96. The highest BCUT2D eigenvalue weighted by Gasteiger charge is 2.51. The monoisotopic (exact) mass is 335 g/mol. The molecule has 0 saturated heterocycles. The molecule has 1 aromatic carbocycles. The molecule has 0 radical (unpaired) electrons. The zero-order valence-electron chi connectivity index (χ0n) is 14.3. The predicted octanol–water partition coefficient (Wildman–Crippen LogP) is 2.62. The largest absolute Gasteiger partial charge is 0.348 e. The average Bonchev–Trinajstić information content (AvgIpc) is 2.81. The minimum absolute atomic E-state index is 0.0834. The van der Waals surface area contributed by atoms with Crippen LogP contribution in [0.3, 0.4) is 0 Å². The molecule has 6 heteroatoms. The van der Waals surface area contributed by atoms with Gasteiger partial charge in [-0.25, -0.2) is 17.7 Å². The van der Waals surface area contributed by atoms with Crippen LogP contribution in [-0.2, 0) is 10.0 Å². The molecular weight excluding hydrogens is 310 g/mol. The van der Waals surface area contributed by atoms with Gasteiger partial charge >= 0.3 is 0 Å². The minimum Gasteiger partial charge on any atom is -0.348 e. The number of hydrogen-bond donors (Lipinski definition) is 0. The second-order valence-corrected chi connectivity index (χ2v) is 8.85. The van der Waals surface area contributed by atoms with E-state index in [0.717, 1.165) is 31.2 Å². The van der Waals surface area contributed by atoms with E-state index in [4.69, 9.17) is 4.99 Å². The topological polar surface area (TPSA) is 53.0 Å². The van der Waals surface area contributed by atoms with Crippen LogP contribution in [-0.4, -0.2) is 49.3 Å². The van der Waals surface area contributed by atoms with Gasteiger partial charge in [0.2, 0.25) is 5.96 Å². The van der Waals surface area contributed by atoms with Crippen LogP contribution in [0.2, 0.25) is 0 Å². The van der Waals surface area contributed by atoms with Crippen LogP contribution in [0.1, 0.15) is 38.2 Å². The molecule has 1 heterocycles. The Morgan fingerprint density at radius 2 is 1.87 bits per heavy atom. The van der Waals surface area contributed by atoms with Crippen LogP contribution in [0.15, 0.2) is 34.2 Å². The lowest BCUT2D eigenvalue weighted by molar-refractivity contribution is 0.229. The normalized spacial score (nSPS) is 27.6. The molecule has 2 aliphatic rings. The summed E-state index contributed by atoms with van der Waals surface area (Å²) >= 11 is 0. The van der Waals surface area contributed by atoms with Gasteiger partial charge in [-0.05, 0) is 38.8 Å². The number of nitrogens with zero attached hydrogens (tertiary/aromatic N) is 3. The summed E-state index contributed by atoms with van der Waals surface area (Å²) in [5, 5.41) is 0. The molecule has 5 nitrogen and oxygen atoms in total. The lowest BCUT2D eigenvalue weighted by atomic mass is 9.80. The van der Waals surface area contributed by atoms with Gasteiger partial charge in [-0.15, -0.1) is 0 Å². The van der Waals surface area contributed by atoms with Crippen molar-refractivity contribution in [2.75, 3.05) is 14.1 Å². The highest BCUT2D eigenvalue weighted by molar-refractivity contribution is 7.89. The first kappa shape index (κ1) is 16.3. The first-order chi connectivity index (χ1) is 10.8. The Morgan fingerprint density at radius 3 is 2.48 bits per heavy atom. The van der Waals surface area contributed by atoms with Crippen LogP contribution in [0, 0.1) is 6.92 Å². The van der Waals surface area contributed by atoms with Crippen molar-refractivity contribution in [3.8, 4) is 0 Å². The van der Waals surface area contributed by atoms with Crippen molar-refractivity contribution < 1.29 is 8.42 Å². The highest BCUT2D eigenvalue weighted by Crippen LogP contribution is 2.42. The van der Waals surface area contributed by atoms with Crippen LogP contribution in [0.25, 0.3) is 0 Å². The number of fused-ring (bicyclic) bond motifs is 1. The lowest BCUT2D eigenvalue weighted by Crippen LogP contribution is -2.51. The molecule has 23 heavy (non-hydrogen) atoms. The zero-order chi connectivity index (χ0) is 16.8. The lowest BCUT2D eigenvalue weighted by Gasteiger charge is -2.38. The molecule has 3 rings (SSSR count). The second kappa shape index (κ2) is 5.51. The molecule has 0 aromatic heterocycles. The Bertz CT molecular complexity index is 725. The van der Waals surface area contributed by atoms with Crippen LogP contribution in [0.4, 0.5) is 0 Å². The van der Waals surface area contributed by atoms with Gasteiger partial charge in [0.05, 0.1) is 16.5 Å². The van der Waals surface area contributed by atoms with Crippen molar-refractivity contribution in [2.24, 2.45) is 4.99 Å². The van der Waals surface area contributed by atoms with Gasteiger partial charge in [0.1, 0.15) is 0 Å². The number of hydrogen-bond acceptors (Lipinski definition) is 4. The fourth-order valence-corrected chi connectivity index (χ4v) is 5.41. The Labute approximate surface area is 139 Å². The predicted molar refractivity (Wildman–Crippen MR) is 92.0 cm³/mol. The Balaban J connectivity index is 2.08. The first-order valence-corrected chi connectivity index (χ1v) is 9.58. The Kier molecular flexibility index (Phi) is 3.91. The van der Waals surface area contributed by atoms with Crippen molar-refractivity contribution in [3.05, 3.63) is 29.8 Å². The average molecular weight is 335 g/mol. The quantitative estimate of drug-likeness (QED) is 0.835. The third-order valence-corrected chi connectivity index (χ3v) is 6.75. The molecular formula is C17H25N3O2S. The van der Waals surface area contributed by atoms with Gasteiger partial charge in [-0.1, -0.05) is 30.5 Å². The highest BCUT2D eigenvalue weighted by atomic mass is 32.2. The van der Waals surface area contributed by atoms with Crippen LogP contribution >= 0.6 is 0 Å². The van der Waals surface area contributed by atoms with E-state index < -0.39 is 10.0 Å². The fraction of sp³-hybridized carbons (Fsp3) is 0.588. The number of aryl methyl sites for hydroxylation is 1. The smallest absolute Gasteiger partial charge is 0.266 e. The molecule has 126 valence electrons. The number of aliphatic imine (C=N–C) groups is 1.